The van der Waals surface area contributed by atoms with E-state index < -0.39 is 0 Å². The number of aromatic nitrogens is 4. The number of benzene rings is 2. The second-order valence-electron chi connectivity index (χ2n) is 5.58. The Hall–Kier alpha value is -3.02. The molecule has 0 aliphatic rings. The Bertz CT molecular complexity index is 1020. The van der Waals surface area contributed by atoms with Crippen molar-refractivity contribution in [2.45, 2.75) is 13.5 Å². The molecular weight excluding hydrogens is 305 g/mol. The van der Waals surface area contributed by atoms with E-state index in [2.05, 4.69) is 30.9 Å². The van der Waals surface area contributed by atoms with Gasteiger partial charge in [0.05, 0.1) is 11.0 Å². The maximum absolute atomic E-state index is 13.8. The topological polar surface area (TPSA) is 55.6 Å². The predicted octanol–water partition coefficient (Wildman–Crippen LogP) is 3.54. The first kappa shape index (κ1) is 14.6. The molecule has 0 saturated carbocycles. The third-order valence-electron chi connectivity index (χ3n) is 4.09. The highest BCUT2D eigenvalue weighted by atomic mass is 19.1. The molecule has 0 bridgehead atoms. The molecule has 0 saturated heterocycles. The van der Waals surface area contributed by atoms with Crippen molar-refractivity contribution in [3.63, 3.8) is 0 Å². The van der Waals surface area contributed by atoms with Crippen LogP contribution in [0.3, 0.4) is 0 Å². The van der Waals surface area contributed by atoms with Gasteiger partial charge in [-0.3, -0.25) is 0 Å². The maximum atomic E-state index is 13.8. The number of aryl methyl sites for hydroxylation is 1. The molecule has 0 radical (unpaired) electrons. The summed E-state index contributed by atoms with van der Waals surface area (Å²) < 4.78 is 16.0. The highest BCUT2D eigenvalue weighted by Gasteiger charge is 2.09. The van der Waals surface area contributed by atoms with Gasteiger partial charge in [-0.2, -0.15) is 0 Å². The van der Waals surface area contributed by atoms with Crippen LogP contribution in [0.5, 0.6) is 0 Å². The summed E-state index contributed by atoms with van der Waals surface area (Å²) in [5.41, 5.74) is 2.43. The Balaban J connectivity index is 1.58. The van der Waals surface area contributed by atoms with E-state index in [1.807, 2.05) is 31.2 Å². The number of halogens is 1. The smallest absolute Gasteiger partial charge is 0.149 e. The number of nitrogens with one attached hydrogen (secondary N) is 1. The van der Waals surface area contributed by atoms with E-state index in [0.717, 1.165) is 23.4 Å². The molecule has 120 valence electrons. The monoisotopic (exact) mass is 321 g/mol. The molecule has 2 aromatic carbocycles. The van der Waals surface area contributed by atoms with E-state index in [1.165, 1.54) is 12.4 Å². The molecule has 2 heterocycles. The van der Waals surface area contributed by atoms with Gasteiger partial charge in [0.1, 0.15) is 29.3 Å². The van der Waals surface area contributed by atoms with Crippen LogP contribution in [0, 0.1) is 12.7 Å². The number of anilines is 1. The SMILES string of the molecule is Cc1nc2ccccc2n1CCNc1ncnc2c(F)cccc12. The summed E-state index contributed by atoms with van der Waals surface area (Å²) in [5.74, 6) is 1.27. The van der Waals surface area contributed by atoms with Crippen molar-refractivity contribution in [1.82, 2.24) is 19.5 Å². The second kappa shape index (κ2) is 5.88. The molecule has 0 amide bonds. The average Bonchev–Trinajstić information content (AvgIpc) is 2.91. The molecule has 0 unspecified atom stereocenters. The van der Waals surface area contributed by atoms with Gasteiger partial charge in [0.2, 0.25) is 0 Å². The van der Waals surface area contributed by atoms with Gasteiger partial charge < -0.3 is 9.88 Å². The molecule has 0 aliphatic carbocycles. The minimum atomic E-state index is -0.339. The largest absolute Gasteiger partial charge is 0.368 e. The van der Waals surface area contributed by atoms with Crippen molar-refractivity contribution >= 4 is 27.8 Å². The minimum Gasteiger partial charge on any atom is -0.368 e. The fourth-order valence-electron chi connectivity index (χ4n) is 2.96. The summed E-state index contributed by atoms with van der Waals surface area (Å²) in [6, 6.07) is 12.9. The first-order valence-corrected chi connectivity index (χ1v) is 7.79. The molecule has 4 aromatic rings. The maximum Gasteiger partial charge on any atom is 0.149 e. The van der Waals surface area contributed by atoms with E-state index in [-0.39, 0.29) is 5.82 Å². The summed E-state index contributed by atoms with van der Waals surface area (Å²) in [6.45, 7) is 3.40. The summed E-state index contributed by atoms with van der Waals surface area (Å²) in [4.78, 5) is 12.8. The lowest BCUT2D eigenvalue weighted by Gasteiger charge is -2.10. The minimum absolute atomic E-state index is 0.333. The number of hydrogen-bond acceptors (Lipinski definition) is 4. The van der Waals surface area contributed by atoms with Crippen molar-refractivity contribution in [2.24, 2.45) is 0 Å². The molecule has 1 N–H and O–H groups in total. The van der Waals surface area contributed by atoms with Crippen LogP contribution < -0.4 is 5.32 Å². The zero-order valence-corrected chi connectivity index (χ0v) is 13.2. The van der Waals surface area contributed by atoms with Crippen LogP contribution in [-0.4, -0.2) is 26.1 Å². The van der Waals surface area contributed by atoms with E-state index in [4.69, 9.17) is 0 Å². The highest BCUT2D eigenvalue weighted by Crippen LogP contribution is 2.21. The van der Waals surface area contributed by atoms with Crippen molar-refractivity contribution < 1.29 is 4.39 Å². The third kappa shape index (κ3) is 2.46. The molecule has 0 atom stereocenters. The molecule has 0 spiro atoms. The van der Waals surface area contributed by atoms with E-state index in [9.17, 15) is 4.39 Å². The Morgan fingerprint density at radius 2 is 1.96 bits per heavy atom. The normalized spacial score (nSPS) is 11.2. The first-order chi connectivity index (χ1) is 11.7. The van der Waals surface area contributed by atoms with Crippen LogP contribution in [0.25, 0.3) is 21.9 Å². The quantitative estimate of drug-likeness (QED) is 0.624. The molecule has 6 heteroatoms. The number of para-hydroxylation sites is 3. The molecule has 0 fully saturated rings. The lowest BCUT2D eigenvalue weighted by Crippen LogP contribution is -2.12. The van der Waals surface area contributed by atoms with Crippen molar-refractivity contribution in [3.05, 3.63) is 60.4 Å². The number of rotatable bonds is 4. The standard InChI is InChI=1S/C18H16FN5/c1-12-23-15-7-2-3-8-16(15)24(12)10-9-20-18-13-5-4-6-14(19)17(13)21-11-22-18/h2-8,11H,9-10H2,1H3,(H,20,21,22). The van der Waals surface area contributed by atoms with Gasteiger partial charge in [0, 0.05) is 18.5 Å². The van der Waals surface area contributed by atoms with Gasteiger partial charge in [-0.25, -0.2) is 19.3 Å². The number of hydrogen-bond donors (Lipinski definition) is 1. The fourth-order valence-corrected chi connectivity index (χ4v) is 2.96. The van der Waals surface area contributed by atoms with Crippen LogP contribution in [0.4, 0.5) is 10.2 Å². The van der Waals surface area contributed by atoms with Gasteiger partial charge in [-0.1, -0.05) is 18.2 Å². The van der Waals surface area contributed by atoms with E-state index in [0.29, 0.717) is 23.3 Å². The Kier molecular flexibility index (Phi) is 3.57. The predicted molar refractivity (Wildman–Crippen MR) is 92.5 cm³/mol. The lowest BCUT2D eigenvalue weighted by molar-refractivity contribution is 0.636. The van der Waals surface area contributed by atoms with Crippen LogP contribution in [0.2, 0.25) is 0 Å². The van der Waals surface area contributed by atoms with E-state index >= 15 is 0 Å². The first-order valence-electron chi connectivity index (χ1n) is 7.79. The van der Waals surface area contributed by atoms with Gasteiger partial charge in [-0.15, -0.1) is 0 Å². The summed E-state index contributed by atoms with van der Waals surface area (Å²) in [5, 5.41) is 3.96. The molecule has 24 heavy (non-hydrogen) atoms. The van der Waals surface area contributed by atoms with Crippen molar-refractivity contribution in [1.29, 1.82) is 0 Å². The number of nitrogens with zero attached hydrogens (tertiary/aromatic N) is 4. The number of fused-ring (bicyclic) bond motifs is 2. The zero-order valence-electron chi connectivity index (χ0n) is 13.2. The Labute approximate surface area is 138 Å². The van der Waals surface area contributed by atoms with Gasteiger partial charge in [0.15, 0.2) is 0 Å². The van der Waals surface area contributed by atoms with Gasteiger partial charge in [0.25, 0.3) is 0 Å². The fraction of sp³-hybridized carbons (Fsp3) is 0.167. The van der Waals surface area contributed by atoms with E-state index in [1.54, 1.807) is 6.07 Å². The van der Waals surface area contributed by atoms with Crippen LogP contribution in [0.1, 0.15) is 5.82 Å². The summed E-state index contributed by atoms with van der Waals surface area (Å²) >= 11 is 0. The summed E-state index contributed by atoms with van der Waals surface area (Å²) in [7, 11) is 0. The van der Waals surface area contributed by atoms with Crippen LogP contribution in [0.15, 0.2) is 48.8 Å². The van der Waals surface area contributed by atoms with Gasteiger partial charge >= 0.3 is 0 Å². The molecule has 2 aromatic heterocycles. The zero-order chi connectivity index (χ0) is 16.5. The molecule has 4 rings (SSSR count). The summed E-state index contributed by atoms with van der Waals surface area (Å²) in [6.07, 6.45) is 1.38. The van der Waals surface area contributed by atoms with Gasteiger partial charge in [-0.05, 0) is 31.2 Å². The molecular formula is C18H16FN5. The third-order valence-corrected chi connectivity index (χ3v) is 4.09. The molecule has 0 aliphatic heterocycles. The Morgan fingerprint density at radius 1 is 1.08 bits per heavy atom. The average molecular weight is 321 g/mol. The highest BCUT2D eigenvalue weighted by molar-refractivity contribution is 5.89. The number of imidazole rings is 1. The molecule has 5 nitrogen and oxygen atoms in total. The van der Waals surface area contributed by atoms with Crippen LogP contribution >= 0.6 is 0 Å². The second-order valence-corrected chi connectivity index (χ2v) is 5.58. The van der Waals surface area contributed by atoms with Crippen molar-refractivity contribution in [3.8, 4) is 0 Å². The Morgan fingerprint density at radius 3 is 2.88 bits per heavy atom. The van der Waals surface area contributed by atoms with Crippen molar-refractivity contribution in [2.75, 3.05) is 11.9 Å². The van der Waals surface area contributed by atoms with Crippen LogP contribution in [-0.2, 0) is 6.54 Å². The lowest BCUT2D eigenvalue weighted by atomic mass is 10.2.